The van der Waals surface area contributed by atoms with E-state index < -0.39 is 21.7 Å². The number of aromatic nitrogens is 1. The number of carbonyl (C=O) groups excluding carboxylic acids is 1. The van der Waals surface area contributed by atoms with Gasteiger partial charge in [0, 0.05) is 11.6 Å². The van der Waals surface area contributed by atoms with Crippen LogP contribution in [0.25, 0.3) is 10.2 Å². The lowest BCUT2D eigenvalue weighted by molar-refractivity contribution is -0.120. The Morgan fingerprint density at radius 3 is 2.79 bits per heavy atom. The maximum absolute atomic E-state index is 12.1. The Balaban J connectivity index is 2.40. The summed E-state index contributed by atoms with van der Waals surface area (Å²) in [6, 6.07) is 4.99. The predicted molar refractivity (Wildman–Crippen MR) is 74.4 cm³/mol. The number of primary amides is 1. The van der Waals surface area contributed by atoms with Crippen molar-refractivity contribution in [1.29, 1.82) is 0 Å². The van der Waals surface area contributed by atoms with Crippen molar-refractivity contribution in [2.45, 2.75) is 11.3 Å². The third-order valence-electron chi connectivity index (χ3n) is 2.61. The highest BCUT2D eigenvalue weighted by molar-refractivity contribution is 7.93. The largest absolute Gasteiger partial charge is 0.399 e. The van der Waals surface area contributed by atoms with E-state index in [1.165, 1.54) is 6.92 Å². The van der Waals surface area contributed by atoms with Crippen molar-refractivity contribution in [1.82, 2.24) is 4.98 Å². The van der Waals surface area contributed by atoms with Crippen molar-refractivity contribution in [2.75, 3.05) is 11.5 Å². The summed E-state index contributed by atoms with van der Waals surface area (Å²) in [6.07, 6.45) is 0. The van der Waals surface area contributed by atoms with Gasteiger partial charge in [-0.05, 0) is 18.2 Å². The lowest BCUT2D eigenvalue weighted by Crippen LogP contribution is -2.27. The zero-order chi connectivity index (χ0) is 14.2. The second kappa shape index (κ2) is 4.78. The third-order valence-corrected chi connectivity index (χ3v) is 6.00. The van der Waals surface area contributed by atoms with Crippen molar-refractivity contribution in [2.24, 2.45) is 11.7 Å². The standard InChI is InChI=1S/C11H13N3O3S2/c1-6(10(13)15)5-19(16,17)11-14-8-3-2-7(12)4-9(8)18-11/h2-4,6H,5,12H2,1H3,(H2,13,15). The summed E-state index contributed by atoms with van der Waals surface area (Å²) in [6.45, 7) is 1.48. The molecule has 0 fully saturated rings. The van der Waals surface area contributed by atoms with E-state index in [-0.39, 0.29) is 10.1 Å². The molecule has 0 aliphatic carbocycles. The zero-order valence-corrected chi connectivity index (χ0v) is 11.8. The van der Waals surface area contributed by atoms with Crippen LogP contribution in [0.1, 0.15) is 6.92 Å². The number of benzene rings is 1. The van der Waals surface area contributed by atoms with Crippen molar-refractivity contribution in [3.8, 4) is 0 Å². The first-order chi connectivity index (χ1) is 8.79. The number of rotatable bonds is 4. The van der Waals surface area contributed by atoms with Gasteiger partial charge in [-0.3, -0.25) is 4.79 Å². The Morgan fingerprint density at radius 1 is 1.47 bits per heavy atom. The van der Waals surface area contributed by atoms with Crippen LogP contribution in [-0.4, -0.2) is 25.1 Å². The van der Waals surface area contributed by atoms with Gasteiger partial charge in [0.25, 0.3) is 0 Å². The van der Waals surface area contributed by atoms with Gasteiger partial charge in [-0.25, -0.2) is 13.4 Å². The summed E-state index contributed by atoms with van der Waals surface area (Å²) < 4.78 is 24.9. The molecule has 6 nitrogen and oxygen atoms in total. The average Bonchev–Trinajstić information content (AvgIpc) is 2.71. The number of carbonyl (C=O) groups is 1. The molecule has 0 saturated heterocycles. The molecular weight excluding hydrogens is 286 g/mol. The van der Waals surface area contributed by atoms with Gasteiger partial charge in [0.05, 0.1) is 16.0 Å². The minimum atomic E-state index is -3.61. The number of thiazole rings is 1. The number of nitrogen functional groups attached to an aromatic ring is 1. The SMILES string of the molecule is CC(CS(=O)(=O)c1nc2ccc(N)cc2s1)C(N)=O. The lowest BCUT2D eigenvalue weighted by atomic mass is 10.2. The maximum atomic E-state index is 12.1. The van der Waals surface area contributed by atoms with Crippen LogP contribution in [0, 0.1) is 5.92 Å². The number of nitrogens with two attached hydrogens (primary N) is 2. The van der Waals surface area contributed by atoms with Crippen molar-refractivity contribution >= 4 is 43.0 Å². The molecule has 1 unspecified atom stereocenters. The van der Waals surface area contributed by atoms with Gasteiger partial charge in [0.1, 0.15) is 0 Å². The fourth-order valence-electron chi connectivity index (χ4n) is 1.54. The summed E-state index contributed by atoms with van der Waals surface area (Å²) in [7, 11) is -3.61. The second-order valence-corrected chi connectivity index (χ2v) is 7.53. The number of sulfone groups is 1. The van der Waals surface area contributed by atoms with Crippen molar-refractivity contribution in [3.63, 3.8) is 0 Å². The van der Waals surface area contributed by atoms with E-state index >= 15 is 0 Å². The Morgan fingerprint density at radius 2 is 2.16 bits per heavy atom. The molecule has 102 valence electrons. The summed E-state index contributed by atoms with van der Waals surface area (Å²) in [5.74, 6) is -1.73. The van der Waals surface area contributed by atoms with Crippen LogP contribution in [0.15, 0.2) is 22.5 Å². The van der Waals surface area contributed by atoms with E-state index in [2.05, 4.69) is 4.98 Å². The van der Waals surface area contributed by atoms with Gasteiger partial charge < -0.3 is 11.5 Å². The molecule has 0 aliphatic rings. The molecule has 0 radical (unpaired) electrons. The van der Waals surface area contributed by atoms with Crippen LogP contribution in [0.3, 0.4) is 0 Å². The number of anilines is 1. The van der Waals surface area contributed by atoms with E-state index in [4.69, 9.17) is 11.5 Å². The van der Waals surface area contributed by atoms with Gasteiger partial charge in [-0.2, -0.15) is 0 Å². The fraction of sp³-hybridized carbons (Fsp3) is 0.273. The number of hydrogen-bond donors (Lipinski definition) is 2. The van der Waals surface area contributed by atoms with Gasteiger partial charge in [0.2, 0.25) is 20.1 Å². The minimum Gasteiger partial charge on any atom is -0.399 e. The van der Waals surface area contributed by atoms with E-state index in [9.17, 15) is 13.2 Å². The molecule has 2 aromatic rings. The summed E-state index contributed by atoms with van der Waals surface area (Å²) in [5, 5.41) is 0. The fourth-order valence-corrected chi connectivity index (χ4v) is 4.46. The first-order valence-electron chi connectivity index (χ1n) is 5.48. The number of fused-ring (bicyclic) bond motifs is 1. The number of amides is 1. The van der Waals surface area contributed by atoms with Crippen LogP contribution in [0.5, 0.6) is 0 Å². The predicted octanol–water partition coefficient (Wildman–Crippen LogP) is 0.774. The first kappa shape index (κ1) is 13.8. The molecule has 0 bridgehead atoms. The van der Waals surface area contributed by atoms with Gasteiger partial charge in [0.15, 0.2) is 0 Å². The van der Waals surface area contributed by atoms with E-state index in [1.54, 1.807) is 18.2 Å². The van der Waals surface area contributed by atoms with Crippen molar-refractivity contribution in [3.05, 3.63) is 18.2 Å². The summed E-state index contributed by atoms with van der Waals surface area (Å²) in [4.78, 5) is 15.0. The first-order valence-corrected chi connectivity index (χ1v) is 7.94. The highest BCUT2D eigenvalue weighted by atomic mass is 32.2. The molecular formula is C11H13N3O3S2. The topological polar surface area (TPSA) is 116 Å². The summed E-state index contributed by atoms with van der Waals surface area (Å²) in [5.41, 5.74) is 11.8. The number of nitrogens with zero attached hydrogens (tertiary/aromatic N) is 1. The Labute approximate surface area is 114 Å². The number of hydrogen-bond acceptors (Lipinski definition) is 6. The van der Waals surface area contributed by atoms with Gasteiger partial charge >= 0.3 is 0 Å². The molecule has 1 heterocycles. The minimum absolute atomic E-state index is 0.0128. The monoisotopic (exact) mass is 299 g/mol. The quantitative estimate of drug-likeness (QED) is 0.809. The van der Waals surface area contributed by atoms with Crippen molar-refractivity contribution < 1.29 is 13.2 Å². The molecule has 1 aromatic carbocycles. The van der Waals surface area contributed by atoms with Crippen LogP contribution < -0.4 is 11.5 Å². The normalized spacial score (nSPS) is 13.5. The van der Waals surface area contributed by atoms with E-state index in [0.29, 0.717) is 15.9 Å². The molecule has 4 N–H and O–H groups in total. The molecule has 0 saturated carbocycles. The second-order valence-electron chi connectivity index (χ2n) is 4.29. The van der Waals surface area contributed by atoms with Crippen LogP contribution in [0.4, 0.5) is 5.69 Å². The van der Waals surface area contributed by atoms with Gasteiger partial charge in [-0.15, -0.1) is 11.3 Å². The maximum Gasteiger partial charge on any atom is 0.221 e. The molecule has 0 aliphatic heterocycles. The van der Waals surface area contributed by atoms with Crippen LogP contribution >= 0.6 is 11.3 Å². The molecule has 1 aromatic heterocycles. The summed E-state index contributed by atoms with van der Waals surface area (Å²) >= 11 is 1.04. The van der Waals surface area contributed by atoms with E-state index in [1.807, 2.05) is 0 Å². The third kappa shape index (κ3) is 2.85. The molecule has 0 spiro atoms. The van der Waals surface area contributed by atoms with E-state index in [0.717, 1.165) is 11.3 Å². The Kier molecular flexibility index (Phi) is 3.46. The average molecular weight is 299 g/mol. The zero-order valence-electron chi connectivity index (χ0n) is 10.2. The Hall–Kier alpha value is -1.67. The highest BCUT2D eigenvalue weighted by Gasteiger charge is 2.25. The highest BCUT2D eigenvalue weighted by Crippen LogP contribution is 2.28. The lowest BCUT2D eigenvalue weighted by Gasteiger charge is -2.05. The Bertz CT molecular complexity index is 737. The molecule has 19 heavy (non-hydrogen) atoms. The smallest absolute Gasteiger partial charge is 0.221 e. The van der Waals surface area contributed by atoms with Crippen LogP contribution in [-0.2, 0) is 14.6 Å². The molecule has 8 heteroatoms. The van der Waals surface area contributed by atoms with Gasteiger partial charge in [-0.1, -0.05) is 6.92 Å². The molecule has 1 atom stereocenters. The molecule has 2 rings (SSSR count). The molecule has 1 amide bonds. The van der Waals surface area contributed by atoms with Crippen LogP contribution in [0.2, 0.25) is 0 Å².